The zero-order valence-electron chi connectivity index (χ0n) is 11.5. The third-order valence-electron chi connectivity index (χ3n) is 3.60. The van der Waals surface area contributed by atoms with Crippen molar-refractivity contribution in [2.24, 2.45) is 11.7 Å². The molecule has 1 aliphatic heterocycles. The summed E-state index contributed by atoms with van der Waals surface area (Å²) in [5, 5.41) is 0. The Labute approximate surface area is 104 Å². The second kappa shape index (κ2) is 5.83. The number of hydrogen-bond acceptors (Lipinski definition) is 3. The fourth-order valence-electron chi connectivity index (χ4n) is 2.34. The number of rotatable bonds is 4. The van der Waals surface area contributed by atoms with E-state index in [-0.39, 0.29) is 11.9 Å². The van der Waals surface area contributed by atoms with Crippen molar-refractivity contribution >= 4 is 5.91 Å². The van der Waals surface area contributed by atoms with Crippen molar-refractivity contribution in [1.82, 2.24) is 4.90 Å². The minimum atomic E-state index is -0.710. The number of likely N-dealkylation sites (N-methyl/N-ethyl adjacent to an activating group) is 1. The van der Waals surface area contributed by atoms with Crippen LogP contribution in [0.25, 0.3) is 0 Å². The molecule has 100 valence electrons. The van der Waals surface area contributed by atoms with E-state index in [1.807, 2.05) is 11.9 Å². The van der Waals surface area contributed by atoms with Crippen LogP contribution in [0.3, 0.4) is 0 Å². The highest BCUT2D eigenvalue weighted by molar-refractivity contribution is 5.86. The largest absolute Gasteiger partial charge is 0.381 e. The summed E-state index contributed by atoms with van der Waals surface area (Å²) in [5.74, 6) is 0.651. The summed E-state index contributed by atoms with van der Waals surface area (Å²) >= 11 is 0. The SMILES string of the molecule is CC(C)CC(C)N(C)C(=O)C1(N)CCOCC1. The summed E-state index contributed by atoms with van der Waals surface area (Å²) in [4.78, 5) is 14.2. The average molecular weight is 242 g/mol. The second-order valence-electron chi connectivity index (χ2n) is 5.66. The molecule has 4 heteroatoms. The van der Waals surface area contributed by atoms with Crippen molar-refractivity contribution in [3.63, 3.8) is 0 Å². The molecule has 0 aromatic rings. The van der Waals surface area contributed by atoms with Gasteiger partial charge >= 0.3 is 0 Å². The first-order chi connectivity index (χ1) is 7.87. The summed E-state index contributed by atoms with van der Waals surface area (Å²) < 4.78 is 5.27. The van der Waals surface area contributed by atoms with Crippen molar-refractivity contribution in [2.45, 2.75) is 51.6 Å². The molecule has 4 nitrogen and oxygen atoms in total. The fraction of sp³-hybridized carbons (Fsp3) is 0.923. The molecule has 1 saturated heterocycles. The van der Waals surface area contributed by atoms with Crippen LogP contribution in [0.1, 0.15) is 40.0 Å². The van der Waals surface area contributed by atoms with Gasteiger partial charge in [-0.3, -0.25) is 4.79 Å². The maximum atomic E-state index is 12.4. The summed E-state index contributed by atoms with van der Waals surface area (Å²) in [6.07, 6.45) is 2.27. The third kappa shape index (κ3) is 3.68. The van der Waals surface area contributed by atoms with Crippen LogP contribution in [0.5, 0.6) is 0 Å². The van der Waals surface area contributed by atoms with Crippen LogP contribution in [-0.2, 0) is 9.53 Å². The minimum absolute atomic E-state index is 0.0638. The molecule has 1 rings (SSSR count). The number of carbonyl (C=O) groups excluding carboxylic acids is 1. The molecule has 0 saturated carbocycles. The van der Waals surface area contributed by atoms with Gasteiger partial charge in [0.1, 0.15) is 0 Å². The molecule has 1 unspecified atom stereocenters. The summed E-state index contributed by atoms with van der Waals surface area (Å²) in [6, 6.07) is 0.241. The molecule has 1 atom stereocenters. The van der Waals surface area contributed by atoms with Crippen LogP contribution in [0.2, 0.25) is 0 Å². The smallest absolute Gasteiger partial charge is 0.242 e. The molecule has 1 aliphatic rings. The molecule has 0 spiro atoms. The first-order valence-corrected chi connectivity index (χ1v) is 6.50. The lowest BCUT2D eigenvalue weighted by Gasteiger charge is -2.38. The van der Waals surface area contributed by atoms with E-state index in [1.165, 1.54) is 0 Å². The highest BCUT2D eigenvalue weighted by Crippen LogP contribution is 2.22. The summed E-state index contributed by atoms with van der Waals surface area (Å²) in [6.45, 7) is 7.60. The number of nitrogens with two attached hydrogens (primary N) is 1. The van der Waals surface area contributed by atoms with Gasteiger partial charge in [0.05, 0.1) is 5.54 Å². The lowest BCUT2D eigenvalue weighted by molar-refractivity contribution is -0.141. The van der Waals surface area contributed by atoms with Crippen molar-refractivity contribution in [2.75, 3.05) is 20.3 Å². The van der Waals surface area contributed by atoms with Crippen LogP contribution in [0.4, 0.5) is 0 Å². The molecule has 0 radical (unpaired) electrons. The molecule has 1 heterocycles. The Balaban J connectivity index is 2.61. The number of carbonyl (C=O) groups is 1. The van der Waals surface area contributed by atoms with Gasteiger partial charge < -0.3 is 15.4 Å². The Bertz CT molecular complexity index is 260. The third-order valence-corrected chi connectivity index (χ3v) is 3.60. The molecule has 1 amide bonds. The second-order valence-corrected chi connectivity index (χ2v) is 5.66. The molecule has 0 aromatic carbocycles. The zero-order chi connectivity index (χ0) is 13.1. The van der Waals surface area contributed by atoms with E-state index in [9.17, 15) is 4.79 Å². The van der Waals surface area contributed by atoms with Gasteiger partial charge in [0.2, 0.25) is 5.91 Å². The van der Waals surface area contributed by atoms with Crippen molar-refractivity contribution in [3.8, 4) is 0 Å². The van der Waals surface area contributed by atoms with E-state index in [4.69, 9.17) is 10.5 Å². The zero-order valence-corrected chi connectivity index (χ0v) is 11.5. The predicted molar refractivity (Wildman–Crippen MR) is 68.7 cm³/mol. The maximum Gasteiger partial charge on any atom is 0.242 e. The van der Waals surface area contributed by atoms with Gasteiger partial charge in [-0.1, -0.05) is 13.8 Å². The Morgan fingerprint density at radius 1 is 1.35 bits per heavy atom. The molecule has 2 N–H and O–H groups in total. The first-order valence-electron chi connectivity index (χ1n) is 6.50. The Morgan fingerprint density at radius 3 is 2.35 bits per heavy atom. The predicted octanol–water partition coefficient (Wildman–Crippen LogP) is 1.39. The highest BCUT2D eigenvalue weighted by Gasteiger charge is 2.38. The topological polar surface area (TPSA) is 55.6 Å². The maximum absolute atomic E-state index is 12.4. The van der Waals surface area contributed by atoms with Gasteiger partial charge in [-0.2, -0.15) is 0 Å². The Kier molecular flexibility index (Phi) is 4.95. The van der Waals surface area contributed by atoms with Gasteiger partial charge in [-0.15, -0.1) is 0 Å². The Morgan fingerprint density at radius 2 is 1.88 bits per heavy atom. The number of hydrogen-bond donors (Lipinski definition) is 1. The van der Waals surface area contributed by atoms with Gasteiger partial charge in [0, 0.05) is 26.3 Å². The van der Waals surface area contributed by atoms with E-state index in [0.29, 0.717) is 32.0 Å². The molecular formula is C13H26N2O2. The van der Waals surface area contributed by atoms with Crippen molar-refractivity contribution < 1.29 is 9.53 Å². The van der Waals surface area contributed by atoms with E-state index in [1.54, 1.807) is 0 Å². The standard InChI is InChI=1S/C13H26N2O2/c1-10(2)9-11(3)15(4)12(16)13(14)5-7-17-8-6-13/h10-11H,5-9,14H2,1-4H3. The van der Waals surface area contributed by atoms with Gasteiger partial charge in [-0.25, -0.2) is 0 Å². The first kappa shape index (κ1) is 14.5. The lowest BCUT2D eigenvalue weighted by atomic mass is 9.89. The van der Waals surface area contributed by atoms with Crippen LogP contribution >= 0.6 is 0 Å². The molecule has 0 bridgehead atoms. The molecule has 0 aliphatic carbocycles. The van der Waals surface area contributed by atoms with Gasteiger partial charge in [0.15, 0.2) is 0 Å². The van der Waals surface area contributed by atoms with E-state index in [0.717, 1.165) is 6.42 Å². The van der Waals surface area contributed by atoms with Crippen LogP contribution in [-0.4, -0.2) is 42.6 Å². The molecule has 0 aromatic heterocycles. The molecule has 1 fully saturated rings. The van der Waals surface area contributed by atoms with E-state index in [2.05, 4.69) is 20.8 Å². The number of amides is 1. The number of nitrogens with zero attached hydrogens (tertiary/aromatic N) is 1. The van der Waals surface area contributed by atoms with Crippen LogP contribution in [0, 0.1) is 5.92 Å². The molecular weight excluding hydrogens is 216 g/mol. The van der Waals surface area contributed by atoms with Crippen LogP contribution < -0.4 is 5.73 Å². The quantitative estimate of drug-likeness (QED) is 0.810. The normalized spacial score (nSPS) is 21.3. The average Bonchev–Trinajstić information content (AvgIpc) is 2.27. The fourth-order valence-corrected chi connectivity index (χ4v) is 2.34. The molecule has 17 heavy (non-hydrogen) atoms. The van der Waals surface area contributed by atoms with Crippen LogP contribution in [0.15, 0.2) is 0 Å². The van der Waals surface area contributed by atoms with E-state index >= 15 is 0 Å². The highest BCUT2D eigenvalue weighted by atomic mass is 16.5. The summed E-state index contributed by atoms with van der Waals surface area (Å²) in [7, 11) is 1.86. The van der Waals surface area contributed by atoms with Gasteiger partial charge in [-0.05, 0) is 32.1 Å². The van der Waals surface area contributed by atoms with E-state index < -0.39 is 5.54 Å². The lowest BCUT2D eigenvalue weighted by Crippen LogP contribution is -2.58. The Hall–Kier alpha value is -0.610. The van der Waals surface area contributed by atoms with Crippen molar-refractivity contribution in [3.05, 3.63) is 0 Å². The number of ether oxygens (including phenoxy) is 1. The summed E-state index contributed by atoms with van der Waals surface area (Å²) in [5.41, 5.74) is 5.49. The minimum Gasteiger partial charge on any atom is -0.381 e. The van der Waals surface area contributed by atoms with Gasteiger partial charge in [0.25, 0.3) is 0 Å². The monoisotopic (exact) mass is 242 g/mol. The van der Waals surface area contributed by atoms with Crippen molar-refractivity contribution in [1.29, 1.82) is 0 Å².